The Balaban J connectivity index is 2.85. The van der Waals surface area contributed by atoms with Gasteiger partial charge >= 0.3 is 5.97 Å². The number of ether oxygens (including phenoxy) is 1. The normalized spacial score (nSPS) is 27.4. The maximum Gasteiger partial charge on any atom is 0.307 e. The Hall–Kier alpha value is -0.570. The first-order valence-electron chi connectivity index (χ1n) is 8.52. The van der Waals surface area contributed by atoms with E-state index in [2.05, 4.69) is 25.7 Å². The quantitative estimate of drug-likeness (QED) is 0.522. The average Bonchev–Trinajstić information content (AvgIpc) is 2.63. The fourth-order valence-electron chi connectivity index (χ4n) is 3.85. The molecule has 0 aromatic carbocycles. The fraction of sp³-hybridized carbons (Fsp3) is 0.941. The van der Waals surface area contributed by atoms with Crippen LogP contribution in [0.2, 0.25) is 0 Å². The minimum atomic E-state index is -0.0191. The lowest BCUT2D eigenvalue weighted by molar-refractivity contribution is -0.147. The summed E-state index contributed by atoms with van der Waals surface area (Å²) in [6, 6.07) is 0. The fourth-order valence-corrected chi connectivity index (χ4v) is 3.85. The molecule has 1 saturated carbocycles. The van der Waals surface area contributed by atoms with Gasteiger partial charge in [-0.15, -0.1) is 0 Å². The highest BCUT2D eigenvalue weighted by Crippen LogP contribution is 2.38. The Kier molecular flexibility index (Phi) is 7.57. The summed E-state index contributed by atoms with van der Waals surface area (Å²) in [6.07, 6.45) is 7.95. The van der Waals surface area contributed by atoms with Crippen LogP contribution < -0.4 is 0 Å². The Morgan fingerprint density at radius 2 is 1.85 bits per heavy atom. The first-order valence-corrected chi connectivity index (χ1v) is 8.52. The summed E-state index contributed by atoms with van der Waals surface area (Å²) in [5, 5.41) is 0. The number of carbonyl (C=O) groups is 1. The molecule has 0 heterocycles. The molecule has 0 N–H and O–H groups in total. The van der Waals surface area contributed by atoms with E-state index < -0.39 is 0 Å². The lowest BCUT2D eigenvalue weighted by atomic mass is 9.84. The highest BCUT2D eigenvalue weighted by atomic mass is 16.5. The first kappa shape index (κ1) is 17.5. The summed E-state index contributed by atoms with van der Waals surface area (Å²) in [5.74, 6) is 0.823. The molecule has 1 aliphatic carbocycles. The molecule has 2 unspecified atom stereocenters. The summed E-state index contributed by atoms with van der Waals surface area (Å²) < 4.78 is 5.24. The van der Waals surface area contributed by atoms with Crippen LogP contribution in [0.3, 0.4) is 0 Å². The molecule has 20 heavy (non-hydrogen) atoms. The highest BCUT2D eigenvalue weighted by Gasteiger charge is 2.39. The summed E-state index contributed by atoms with van der Waals surface area (Å²) in [4.78, 5) is 14.6. The highest BCUT2D eigenvalue weighted by molar-refractivity contribution is 5.71. The molecule has 118 valence electrons. The second-order valence-electron chi connectivity index (χ2n) is 6.08. The number of carbonyl (C=O) groups excluding carboxylic acids is 1. The second-order valence-corrected chi connectivity index (χ2v) is 6.08. The predicted octanol–water partition coefficient (Wildman–Crippen LogP) is 4.01. The Morgan fingerprint density at radius 1 is 1.15 bits per heavy atom. The van der Waals surface area contributed by atoms with Crippen LogP contribution >= 0.6 is 0 Å². The van der Waals surface area contributed by atoms with Gasteiger partial charge in [-0.05, 0) is 45.2 Å². The Labute approximate surface area is 125 Å². The molecule has 0 bridgehead atoms. The van der Waals surface area contributed by atoms with Crippen molar-refractivity contribution >= 4 is 5.97 Å². The van der Waals surface area contributed by atoms with Crippen molar-refractivity contribution in [2.24, 2.45) is 5.92 Å². The van der Waals surface area contributed by atoms with Crippen LogP contribution in [0, 0.1) is 5.92 Å². The van der Waals surface area contributed by atoms with Gasteiger partial charge in [0.05, 0.1) is 13.0 Å². The van der Waals surface area contributed by atoms with Crippen molar-refractivity contribution < 1.29 is 9.53 Å². The van der Waals surface area contributed by atoms with Crippen LogP contribution in [0.4, 0.5) is 0 Å². The van der Waals surface area contributed by atoms with Crippen LogP contribution in [0.15, 0.2) is 0 Å². The van der Waals surface area contributed by atoms with E-state index in [4.69, 9.17) is 4.74 Å². The Morgan fingerprint density at radius 3 is 2.40 bits per heavy atom. The van der Waals surface area contributed by atoms with Gasteiger partial charge in [0.25, 0.3) is 0 Å². The van der Waals surface area contributed by atoms with Gasteiger partial charge in [-0.1, -0.05) is 40.0 Å². The smallest absolute Gasteiger partial charge is 0.307 e. The molecule has 0 amide bonds. The van der Waals surface area contributed by atoms with E-state index in [1.54, 1.807) is 0 Å². The average molecular weight is 283 g/mol. The predicted molar refractivity (Wildman–Crippen MR) is 83.8 cm³/mol. The molecule has 0 spiro atoms. The van der Waals surface area contributed by atoms with E-state index in [0.717, 1.165) is 31.8 Å². The summed E-state index contributed by atoms with van der Waals surface area (Å²) in [7, 11) is 0. The maximum atomic E-state index is 12.1. The number of nitrogens with zero attached hydrogens (tertiary/aromatic N) is 1. The van der Waals surface area contributed by atoms with Gasteiger partial charge in [-0.2, -0.15) is 0 Å². The van der Waals surface area contributed by atoms with Gasteiger partial charge in [-0.25, -0.2) is 0 Å². The van der Waals surface area contributed by atoms with E-state index in [0.29, 0.717) is 13.0 Å². The third-order valence-electron chi connectivity index (χ3n) is 5.06. The molecule has 0 aromatic heterocycles. The number of rotatable bonds is 7. The molecule has 1 aliphatic rings. The first-order chi connectivity index (χ1) is 9.61. The second kappa shape index (κ2) is 8.66. The molecule has 0 aromatic rings. The molecule has 1 fully saturated rings. The third-order valence-corrected chi connectivity index (χ3v) is 5.06. The number of esters is 1. The molecule has 2 atom stereocenters. The summed E-state index contributed by atoms with van der Waals surface area (Å²) in [5.41, 5.74) is 0.0413. The molecular weight excluding hydrogens is 250 g/mol. The molecule has 0 saturated heterocycles. The zero-order valence-electron chi connectivity index (χ0n) is 13.9. The van der Waals surface area contributed by atoms with Gasteiger partial charge in [0.1, 0.15) is 0 Å². The minimum absolute atomic E-state index is 0.0191. The minimum Gasteiger partial charge on any atom is -0.466 e. The molecule has 0 aliphatic heterocycles. The number of hydrogen-bond acceptors (Lipinski definition) is 3. The molecule has 0 radical (unpaired) electrons. The van der Waals surface area contributed by atoms with Crippen LogP contribution in [-0.2, 0) is 9.53 Å². The van der Waals surface area contributed by atoms with Gasteiger partial charge in [-0.3, -0.25) is 9.69 Å². The molecular formula is C17H33NO2. The van der Waals surface area contributed by atoms with Crippen molar-refractivity contribution in [1.29, 1.82) is 0 Å². The van der Waals surface area contributed by atoms with E-state index >= 15 is 0 Å². The van der Waals surface area contributed by atoms with Gasteiger partial charge in [0.15, 0.2) is 0 Å². The van der Waals surface area contributed by atoms with E-state index in [1.807, 2.05) is 6.92 Å². The van der Waals surface area contributed by atoms with Gasteiger partial charge in [0.2, 0.25) is 0 Å². The zero-order chi connectivity index (χ0) is 15.0. The van der Waals surface area contributed by atoms with E-state index in [9.17, 15) is 4.79 Å². The van der Waals surface area contributed by atoms with Crippen molar-refractivity contribution in [3.8, 4) is 0 Å². The molecule has 3 nitrogen and oxygen atoms in total. The van der Waals surface area contributed by atoms with Crippen LogP contribution in [0.1, 0.15) is 72.6 Å². The summed E-state index contributed by atoms with van der Waals surface area (Å²) >= 11 is 0. The Bertz CT molecular complexity index is 289. The summed E-state index contributed by atoms with van der Waals surface area (Å²) in [6.45, 7) is 11.1. The maximum absolute atomic E-state index is 12.1. The largest absolute Gasteiger partial charge is 0.466 e. The van der Waals surface area contributed by atoms with Crippen molar-refractivity contribution in [3.63, 3.8) is 0 Å². The van der Waals surface area contributed by atoms with Gasteiger partial charge in [0, 0.05) is 5.54 Å². The monoisotopic (exact) mass is 283 g/mol. The molecule has 3 heteroatoms. The van der Waals surface area contributed by atoms with Crippen LogP contribution in [0.25, 0.3) is 0 Å². The zero-order valence-corrected chi connectivity index (χ0v) is 13.9. The van der Waals surface area contributed by atoms with Crippen LogP contribution in [0.5, 0.6) is 0 Å². The van der Waals surface area contributed by atoms with Crippen LogP contribution in [-0.4, -0.2) is 36.1 Å². The van der Waals surface area contributed by atoms with E-state index in [1.165, 1.54) is 25.7 Å². The number of hydrogen-bond donors (Lipinski definition) is 0. The molecule has 1 rings (SSSR count). The third kappa shape index (κ3) is 4.47. The lowest BCUT2D eigenvalue weighted by Gasteiger charge is -2.42. The SMILES string of the molecule is CCOC(=O)CC1(N(CC)CC)CCCC(CC)CC1. The van der Waals surface area contributed by atoms with Crippen molar-refractivity contribution in [3.05, 3.63) is 0 Å². The standard InChI is InChI=1S/C17H33NO2/c1-5-15-10-9-12-17(13-11-15,18(6-2)7-3)14-16(19)20-8-4/h15H,5-14H2,1-4H3. The van der Waals surface area contributed by atoms with Crippen molar-refractivity contribution in [1.82, 2.24) is 4.90 Å². The topological polar surface area (TPSA) is 29.5 Å². The van der Waals surface area contributed by atoms with Crippen molar-refractivity contribution in [2.45, 2.75) is 78.2 Å². The lowest BCUT2D eigenvalue weighted by Crippen LogP contribution is -2.50. The van der Waals surface area contributed by atoms with Crippen molar-refractivity contribution in [2.75, 3.05) is 19.7 Å². The van der Waals surface area contributed by atoms with E-state index in [-0.39, 0.29) is 11.5 Å². The van der Waals surface area contributed by atoms with Gasteiger partial charge < -0.3 is 4.74 Å².